The molecule has 6 nitrogen and oxygen atoms in total. The third kappa shape index (κ3) is 3.13. The molecule has 0 saturated heterocycles. The van der Waals surface area contributed by atoms with Crippen molar-refractivity contribution in [3.05, 3.63) is 58.7 Å². The summed E-state index contributed by atoms with van der Waals surface area (Å²) in [5, 5.41) is 8.80. The Balaban J connectivity index is 1.58. The summed E-state index contributed by atoms with van der Waals surface area (Å²) in [7, 11) is 3.28. The average molecular weight is 366 g/mol. The van der Waals surface area contributed by atoms with Gasteiger partial charge in [0, 0.05) is 23.6 Å². The molecule has 132 valence electrons. The molecular weight excluding hydrogens is 348 g/mol. The van der Waals surface area contributed by atoms with E-state index in [1.54, 1.807) is 31.8 Å². The normalized spacial score (nSPS) is 11.0. The van der Waals surface area contributed by atoms with Crippen molar-refractivity contribution in [1.82, 2.24) is 19.6 Å². The predicted molar refractivity (Wildman–Crippen MR) is 101 cm³/mol. The number of aromatic nitrogens is 4. The van der Waals surface area contributed by atoms with Crippen LogP contribution in [0.5, 0.6) is 11.5 Å². The Morgan fingerprint density at radius 1 is 1.04 bits per heavy atom. The van der Waals surface area contributed by atoms with Gasteiger partial charge in [-0.25, -0.2) is 4.98 Å². The summed E-state index contributed by atoms with van der Waals surface area (Å²) in [4.78, 5) is 8.90. The van der Waals surface area contributed by atoms with Gasteiger partial charge in [-0.1, -0.05) is 6.07 Å². The number of thiophene rings is 1. The Labute approximate surface area is 155 Å². The lowest BCUT2D eigenvalue weighted by atomic mass is 10.1. The lowest BCUT2D eigenvalue weighted by Gasteiger charge is -2.08. The van der Waals surface area contributed by atoms with Crippen LogP contribution in [0.2, 0.25) is 0 Å². The molecule has 0 radical (unpaired) electrons. The largest absolute Gasteiger partial charge is 0.493 e. The summed E-state index contributed by atoms with van der Waals surface area (Å²) in [5.41, 5.74) is 3.27. The van der Waals surface area contributed by atoms with Crippen molar-refractivity contribution in [2.45, 2.75) is 12.8 Å². The van der Waals surface area contributed by atoms with Gasteiger partial charge in [0.25, 0.3) is 5.78 Å². The van der Waals surface area contributed by atoms with Crippen LogP contribution in [-0.2, 0) is 12.8 Å². The number of rotatable bonds is 6. The van der Waals surface area contributed by atoms with Gasteiger partial charge in [-0.2, -0.15) is 20.8 Å². The first-order chi connectivity index (χ1) is 12.8. The Morgan fingerprint density at radius 3 is 2.69 bits per heavy atom. The first-order valence-corrected chi connectivity index (χ1v) is 9.17. The van der Waals surface area contributed by atoms with Gasteiger partial charge in [-0.3, -0.25) is 0 Å². The fourth-order valence-electron chi connectivity index (χ4n) is 2.86. The van der Waals surface area contributed by atoms with Crippen molar-refractivity contribution in [3.63, 3.8) is 0 Å². The molecule has 4 aromatic rings. The molecule has 0 bridgehead atoms. The molecule has 26 heavy (non-hydrogen) atoms. The molecule has 0 unspecified atom stereocenters. The standard InChI is InChI=1S/C19H18N4O2S/c1-24-16-5-3-13(11-17(16)25-2)4-6-18-21-19-20-9-7-15(23(19)22-18)14-8-10-26-12-14/h3,5,7-12H,4,6H2,1-2H3. The van der Waals surface area contributed by atoms with E-state index in [1.165, 1.54) is 0 Å². The van der Waals surface area contributed by atoms with Gasteiger partial charge >= 0.3 is 0 Å². The summed E-state index contributed by atoms with van der Waals surface area (Å²) >= 11 is 1.66. The third-order valence-electron chi connectivity index (χ3n) is 4.19. The minimum Gasteiger partial charge on any atom is -0.493 e. The van der Waals surface area contributed by atoms with E-state index in [1.807, 2.05) is 28.8 Å². The Hall–Kier alpha value is -2.93. The molecule has 4 rings (SSSR count). The monoisotopic (exact) mass is 366 g/mol. The lowest BCUT2D eigenvalue weighted by molar-refractivity contribution is 0.354. The molecule has 0 spiro atoms. The maximum atomic E-state index is 5.36. The lowest BCUT2D eigenvalue weighted by Crippen LogP contribution is -1.97. The molecule has 0 N–H and O–H groups in total. The van der Waals surface area contributed by atoms with E-state index < -0.39 is 0 Å². The van der Waals surface area contributed by atoms with Crippen molar-refractivity contribution in [3.8, 4) is 22.8 Å². The van der Waals surface area contributed by atoms with Gasteiger partial charge in [-0.05, 0) is 41.6 Å². The molecule has 0 amide bonds. The zero-order valence-corrected chi connectivity index (χ0v) is 15.4. The van der Waals surface area contributed by atoms with E-state index in [0.717, 1.165) is 47.0 Å². The number of methoxy groups -OCH3 is 2. The van der Waals surface area contributed by atoms with Crippen LogP contribution in [0, 0.1) is 0 Å². The molecule has 0 aliphatic carbocycles. The van der Waals surface area contributed by atoms with Crippen molar-refractivity contribution < 1.29 is 9.47 Å². The highest BCUT2D eigenvalue weighted by Gasteiger charge is 2.11. The minimum absolute atomic E-state index is 0.621. The van der Waals surface area contributed by atoms with Crippen LogP contribution >= 0.6 is 11.3 Å². The fraction of sp³-hybridized carbons (Fsp3) is 0.211. The summed E-state index contributed by atoms with van der Waals surface area (Å²) in [6.07, 6.45) is 3.31. The van der Waals surface area contributed by atoms with Crippen LogP contribution in [-0.4, -0.2) is 33.8 Å². The molecule has 7 heteroatoms. The maximum absolute atomic E-state index is 5.36. The maximum Gasteiger partial charge on any atom is 0.252 e. The van der Waals surface area contributed by atoms with Gasteiger partial charge in [-0.15, -0.1) is 5.10 Å². The molecule has 0 aliphatic rings. The number of hydrogen-bond donors (Lipinski definition) is 0. The molecule has 3 aromatic heterocycles. The minimum atomic E-state index is 0.621. The Morgan fingerprint density at radius 2 is 1.92 bits per heavy atom. The zero-order chi connectivity index (χ0) is 17.9. The smallest absolute Gasteiger partial charge is 0.252 e. The molecule has 0 atom stereocenters. The molecule has 1 aromatic carbocycles. The molecule has 0 fully saturated rings. The first kappa shape index (κ1) is 16.5. The van der Waals surface area contributed by atoms with E-state index in [0.29, 0.717) is 5.78 Å². The van der Waals surface area contributed by atoms with Crippen LogP contribution in [0.3, 0.4) is 0 Å². The van der Waals surface area contributed by atoms with Crippen LogP contribution < -0.4 is 9.47 Å². The second-order valence-electron chi connectivity index (χ2n) is 5.77. The number of fused-ring (bicyclic) bond motifs is 1. The Kier molecular flexibility index (Phi) is 4.53. The summed E-state index contributed by atoms with van der Waals surface area (Å²) in [6.45, 7) is 0. The quantitative estimate of drug-likeness (QED) is 0.521. The fourth-order valence-corrected chi connectivity index (χ4v) is 3.51. The predicted octanol–water partition coefficient (Wildman–Crippen LogP) is 3.66. The van der Waals surface area contributed by atoms with Gasteiger partial charge in [0.2, 0.25) is 0 Å². The van der Waals surface area contributed by atoms with E-state index in [-0.39, 0.29) is 0 Å². The molecule has 0 saturated carbocycles. The van der Waals surface area contributed by atoms with Gasteiger partial charge in [0.1, 0.15) is 0 Å². The second-order valence-corrected chi connectivity index (χ2v) is 6.55. The number of ether oxygens (including phenoxy) is 2. The highest BCUT2D eigenvalue weighted by atomic mass is 32.1. The van der Waals surface area contributed by atoms with Crippen LogP contribution in [0.4, 0.5) is 0 Å². The topological polar surface area (TPSA) is 61.5 Å². The summed E-state index contributed by atoms with van der Waals surface area (Å²) < 4.78 is 12.5. The van der Waals surface area contributed by atoms with E-state index in [9.17, 15) is 0 Å². The van der Waals surface area contributed by atoms with E-state index in [2.05, 4.69) is 31.9 Å². The van der Waals surface area contributed by atoms with Gasteiger partial charge in [0.15, 0.2) is 17.3 Å². The SMILES string of the molecule is COc1ccc(CCc2nc3nccc(-c4ccsc4)n3n2)cc1OC. The van der Waals surface area contributed by atoms with Crippen LogP contribution in [0.15, 0.2) is 47.3 Å². The average Bonchev–Trinajstić information content (AvgIpc) is 3.35. The molecular formula is C19H18N4O2S. The van der Waals surface area contributed by atoms with Crippen molar-refractivity contribution >= 4 is 17.1 Å². The molecule has 0 aliphatic heterocycles. The zero-order valence-electron chi connectivity index (χ0n) is 14.5. The Bertz CT molecular complexity index is 1030. The van der Waals surface area contributed by atoms with Crippen LogP contribution in [0.1, 0.15) is 11.4 Å². The number of aryl methyl sites for hydroxylation is 2. The third-order valence-corrected chi connectivity index (χ3v) is 4.87. The van der Waals surface area contributed by atoms with Crippen LogP contribution in [0.25, 0.3) is 17.0 Å². The highest BCUT2D eigenvalue weighted by molar-refractivity contribution is 7.08. The highest BCUT2D eigenvalue weighted by Crippen LogP contribution is 2.28. The van der Waals surface area contributed by atoms with Crippen molar-refractivity contribution in [1.29, 1.82) is 0 Å². The molecule has 3 heterocycles. The van der Waals surface area contributed by atoms with Crippen molar-refractivity contribution in [2.75, 3.05) is 14.2 Å². The number of nitrogens with zero attached hydrogens (tertiary/aromatic N) is 4. The van der Waals surface area contributed by atoms with Gasteiger partial charge in [0.05, 0.1) is 19.9 Å². The van der Waals surface area contributed by atoms with E-state index >= 15 is 0 Å². The van der Waals surface area contributed by atoms with E-state index in [4.69, 9.17) is 9.47 Å². The number of benzene rings is 1. The summed E-state index contributed by atoms with van der Waals surface area (Å²) in [6, 6.07) is 9.98. The van der Waals surface area contributed by atoms with Gasteiger partial charge < -0.3 is 9.47 Å². The van der Waals surface area contributed by atoms with Crippen molar-refractivity contribution in [2.24, 2.45) is 0 Å². The second kappa shape index (κ2) is 7.13. The summed E-state index contributed by atoms with van der Waals surface area (Å²) in [5.74, 6) is 2.85. The first-order valence-electron chi connectivity index (χ1n) is 8.22. The number of hydrogen-bond acceptors (Lipinski definition) is 6.